The first-order chi connectivity index (χ1) is 9.94. The predicted molar refractivity (Wildman–Crippen MR) is 91.8 cm³/mol. The average molecular weight is 343 g/mol. The van der Waals surface area contributed by atoms with Gasteiger partial charge in [-0.3, -0.25) is 0 Å². The quantitative estimate of drug-likeness (QED) is 0.626. The van der Waals surface area contributed by atoms with Crippen LogP contribution < -0.4 is 0 Å². The van der Waals surface area contributed by atoms with Gasteiger partial charge < -0.3 is 4.74 Å². The fourth-order valence-electron chi connectivity index (χ4n) is 2.97. The van der Waals surface area contributed by atoms with Crippen molar-refractivity contribution in [3.05, 3.63) is 75.0 Å². The summed E-state index contributed by atoms with van der Waals surface area (Å²) < 4.78 is 7.21. The Morgan fingerprint density at radius 2 is 1.90 bits per heavy atom. The van der Waals surface area contributed by atoms with Crippen LogP contribution in [0, 0.1) is 0 Å². The number of allylic oxidation sites excluding steroid dienone is 5. The van der Waals surface area contributed by atoms with Gasteiger partial charge in [0.15, 0.2) is 0 Å². The van der Waals surface area contributed by atoms with E-state index in [-0.39, 0.29) is 5.60 Å². The third kappa shape index (κ3) is 3.06. The van der Waals surface area contributed by atoms with Crippen molar-refractivity contribution in [1.82, 2.24) is 0 Å². The molecule has 0 saturated carbocycles. The molecule has 108 valence electrons. The number of halogens is 1. The van der Waals surface area contributed by atoms with Gasteiger partial charge in [0.2, 0.25) is 0 Å². The Bertz CT molecular complexity index is 685. The van der Waals surface area contributed by atoms with Crippen LogP contribution in [0.4, 0.5) is 0 Å². The van der Waals surface area contributed by atoms with Gasteiger partial charge in [-0.2, -0.15) is 0 Å². The molecule has 0 bridgehead atoms. The summed E-state index contributed by atoms with van der Waals surface area (Å²) in [6.45, 7) is 6.37. The molecule has 0 saturated heterocycles. The first-order valence-electron chi connectivity index (χ1n) is 7.21. The molecule has 1 aromatic carbocycles. The van der Waals surface area contributed by atoms with Crippen molar-refractivity contribution in [3.8, 4) is 0 Å². The van der Waals surface area contributed by atoms with Gasteiger partial charge in [-0.25, -0.2) is 0 Å². The van der Waals surface area contributed by atoms with E-state index in [1.807, 2.05) is 0 Å². The van der Waals surface area contributed by atoms with Gasteiger partial charge in [0.05, 0.1) is 0 Å². The maximum Gasteiger partial charge on any atom is 0.128 e. The third-order valence-electron chi connectivity index (χ3n) is 3.72. The van der Waals surface area contributed by atoms with E-state index in [0.29, 0.717) is 0 Å². The van der Waals surface area contributed by atoms with Crippen LogP contribution in [0.5, 0.6) is 0 Å². The first-order valence-corrected chi connectivity index (χ1v) is 8.00. The molecule has 1 heterocycles. The van der Waals surface area contributed by atoms with E-state index in [1.54, 1.807) is 0 Å². The van der Waals surface area contributed by atoms with Gasteiger partial charge in [0, 0.05) is 10.0 Å². The summed E-state index contributed by atoms with van der Waals surface area (Å²) in [5, 5.41) is 0. The second kappa shape index (κ2) is 5.34. The average Bonchev–Trinajstić information content (AvgIpc) is 2.39. The van der Waals surface area contributed by atoms with Crippen molar-refractivity contribution in [2.24, 2.45) is 0 Å². The van der Waals surface area contributed by atoms with E-state index in [9.17, 15) is 0 Å². The van der Waals surface area contributed by atoms with Crippen molar-refractivity contribution in [2.45, 2.75) is 32.8 Å². The Labute approximate surface area is 134 Å². The fourth-order valence-corrected chi connectivity index (χ4v) is 3.23. The number of rotatable bonds is 1. The second-order valence-corrected chi connectivity index (χ2v) is 7.02. The van der Waals surface area contributed by atoms with Crippen LogP contribution in [0.3, 0.4) is 0 Å². The summed E-state index contributed by atoms with van der Waals surface area (Å²) >= 11 is 3.48. The number of benzene rings is 1. The van der Waals surface area contributed by atoms with E-state index >= 15 is 0 Å². The standard InChI is InChI=1S/C19H19BrO/c1-13-12-19(2,3)21-17-6-4-5-15(18(13)17)11-14-7-9-16(20)10-8-14/h4,6-12H,5H2,1-3H3. The van der Waals surface area contributed by atoms with Crippen LogP contribution in [-0.4, -0.2) is 5.60 Å². The van der Waals surface area contributed by atoms with E-state index in [2.05, 4.69) is 85.3 Å². The minimum Gasteiger partial charge on any atom is -0.483 e. The molecule has 0 radical (unpaired) electrons. The van der Waals surface area contributed by atoms with E-state index in [4.69, 9.17) is 4.74 Å². The SMILES string of the molecule is CC1=CC(C)(C)OC2=C1C(=Cc1ccc(Br)cc1)CC=C2. The zero-order valence-electron chi connectivity index (χ0n) is 12.6. The van der Waals surface area contributed by atoms with Gasteiger partial charge in [0.25, 0.3) is 0 Å². The summed E-state index contributed by atoms with van der Waals surface area (Å²) in [7, 11) is 0. The lowest BCUT2D eigenvalue weighted by Crippen LogP contribution is -2.26. The minimum atomic E-state index is -0.229. The molecule has 2 heteroatoms. The highest BCUT2D eigenvalue weighted by Crippen LogP contribution is 2.39. The summed E-state index contributed by atoms with van der Waals surface area (Å²) in [6.07, 6.45) is 9.69. The van der Waals surface area contributed by atoms with Gasteiger partial charge in [-0.15, -0.1) is 0 Å². The molecule has 0 spiro atoms. The Morgan fingerprint density at radius 1 is 1.19 bits per heavy atom. The molecule has 3 rings (SSSR count). The highest BCUT2D eigenvalue weighted by Gasteiger charge is 2.28. The molecule has 0 atom stereocenters. The van der Waals surface area contributed by atoms with Crippen molar-refractivity contribution < 1.29 is 4.74 Å². The molecule has 2 aliphatic rings. The van der Waals surface area contributed by atoms with E-state index < -0.39 is 0 Å². The number of hydrogen-bond donors (Lipinski definition) is 0. The largest absolute Gasteiger partial charge is 0.483 e. The lowest BCUT2D eigenvalue weighted by atomic mass is 9.86. The predicted octanol–water partition coefficient (Wildman–Crippen LogP) is 5.80. The van der Waals surface area contributed by atoms with Gasteiger partial charge in [-0.05, 0) is 68.2 Å². The third-order valence-corrected chi connectivity index (χ3v) is 4.25. The molecule has 21 heavy (non-hydrogen) atoms. The smallest absolute Gasteiger partial charge is 0.128 e. The molecule has 1 nitrogen and oxygen atoms in total. The number of hydrogen-bond acceptors (Lipinski definition) is 1. The van der Waals surface area contributed by atoms with E-state index in [0.717, 1.165) is 16.7 Å². The monoisotopic (exact) mass is 342 g/mol. The van der Waals surface area contributed by atoms with Gasteiger partial charge >= 0.3 is 0 Å². The maximum absolute atomic E-state index is 6.10. The molecular formula is C19H19BrO. The zero-order chi connectivity index (χ0) is 15.0. The topological polar surface area (TPSA) is 9.23 Å². The molecule has 1 aliphatic heterocycles. The van der Waals surface area contributed by atoms with Gasteiger partial charge in [-0.1, -0.05) is 40.2 Å². The van der Waals surface area contributed by atoms with Crippen LogP contribution >= 0.6 is 15.9 Å². The lowest BCUT2D eigenvalue weighted by molar-refractivity contribution is 0.0797. The highest BCUT2D eigenvalue weighted by molar-refractivity contribution is 9.10. The molecule has 1 aliphatic carbocycles. The molecule has 0 unspecified atom stereocenters. The Balaban J connectivity index is 2.02. The molecule has 0 N–H and O–H groups in total. The molecule has 0 amide bonds. The highest BCUT2D eigenvalue weighted by atomic mass is 79.9. The van der Waals surface area contributed by atoms with E-state index in [1.165, 1.54) is 22.3 Å². The van der Waals surface area contributed by atoms with Crippen LogP contribution in [0.25, 0.3) is 6.08 Å². The lowest BCUT2D eigenvalue weighted by Gasteiger charge is -2.33. The van der Waals surface area contributed by atoms with Crippen LogP contribution in [0.1, 0.15) is 32.8 Å². The van der Waals surface area contributed by atoms with Crippen LogP contribution in [-0.2, 0) is 4.74 Å². The van der Waals surface area contributed by atoms with Crippen molar-refractivity contribution in [1.29, 1.82) is 0 Å². The summed E-state index contributed by atoms with van der Waals surface area (Å²) in [5.74, 6) is 0.995. The van der Waals surface area contributed by atoms with Crippen LogP contribution in [0.2, 0.25) is 0 Å². The first kappa shape index (κ1) is 14.4. The summed E-state index contributed by atoms with van der Waals surface area (Å²) in [4.78, 5) is 0. The second-order valence-electron chi connectivity index (χ2n) is 6.10. The Morgan fingerprint density at radius 3 is 2.62 bits per heavy atom. The fraction of sp³-hybridized carbons (Fsp3) is 0.263. The maximum atomic E-state index is 6.10. The molecule has 1 aromatic rings. The summed E-state index contributed by atoms with van der Waals surface area (Å²) in [6, 6.07) is 8.40. The Hall–Kier alpha value is -1.54. The number of ether oxygens (including phenoxy) is 1. The summed E-state index contributed by atoms with van der Waals surface area (Å²) in [5.41, 5.74) is 4.86. The van der Waals surface area contributed by atoms with Crippen LogP contribution in [0.15, 0.2) is 69.4 Å². The van der Waals surface area contributed by atoms with Crippen molar-refractivity contribution >= 4 is 22.0 Å². The van der Waals surface area contributed by atoms with Crippen molar-refractivity contribution in [3.63, 3.8) is 0 Å². The molecule has 0 aromatic heterocycles. The van der Waals surface area contributed by atoms with Gasteiger partial charge in [0.1, 0.15) is 11.4 Å². The Kier molecular flexibility index (Phi) is 3.66. The zero-order valence-corrected chi connectivity index (χ0v) is 14.2. The molecular weight excluding hydrogens is 324 g/mol. The van der Waals surface area contributed by atoms with Crippen molar-refractivity contribution in [2.75, 3.05) is 0 Å². The minimum absolute atomic E-state index is 0.229. The molecule has 0 fully saturated rings. The normalized spacial score (nSPS) is 21.9.